The largest absolute Gasteiger partial charge is 0.348 e. The number of carbonyl (C=O) groups is 1. The summed E-state index contributed by atoms with van der Waals surface area (Å²) in [5, 5.41) is 12.7. The number of hydrogen-bond donors (Lipinski definition) is 0. The number of tetrazole rings is 1. The highest BCUT2D eigenvalue weighted by Gasteiger charge is 2.18. The zero-order valence-corrected chi connectivity index (χ0v) is 17.3. The topological polar surface area (TPSA) is 65.6 Å². The lowest BCUT2D eigenvalue weighted by Crippen LogP contribution is -2.08. The Kier molecular flexibility index (Phi) is 5.79. The summed E-state index contributed by atoms with van der Waals surface area (Å²) in [5.41, 5.74) is 6.12. The van der Waals surface area contributed by atoms with Gasteiger partial charge in [0.05, 0.1) is 11.4 Å². The van der Waals surface area contributed by atoms with Crippen molar-refractivity contribution >= 4 is 17.5 Å². The first-order valence-electron chi connectivity index (χ1n) is 9.11. The van der Waals surface area contributed by atoms with Gasteiger partial charge in [0.2, 0.25) is 5.16 Å². The number of rotatable bonds is 7. The molecule has 27 heavy (non-hydrogen) atoms. The van der Waals surface area contributed by atoms with Crippen LogP contribution in [0.15, 0.2) is 29.4 Å². The number of aryl methyl sites for hydroxylation is 3. The van der Waals surface area contributed by atoms with Crippen molar-refractivity contribution in [2.75, 3.05) is 5.75 Å². The summed E-state index contributed by atoms with van der Waals surface area (Å²) < 4.78 is 3.92. The Hall–Kier alpha value is -2.41. The number of nitrogens with zero attached hydrogens (tertiary/aromatic N) is 5. The molecule has 142 valence electrons. The fourth-order valence-electron chi connectivity index (χ4n) is 3.23. The maximum absolute atomic E-state index is 12.8. The lowest BCUT2D eigenvalue weighted by molar-refractivity contribution is 0.102. The van der Waals surface area contributed by atoms with Gasteiger partial charge in [-0.25, -0.2) is 0 Å². The predicted molar refractivity (Wildman–Crippen MR) is 108 cm³/mol. The molecular weight excluding hydrogens is 358 g/mol. The van der Waals surface area contributed by atoms with E-state index in [1.165, 1.54) is 11.8 Å². The molecule has 0 saturated heterocycles. The molecule has 6 nitrogen and oxygen atoms in total. The van der Waals surface area contributed by atoms with Crippen LogP contribution in [0, 0.1) is 27.7 Å². The third-order valence-electron chi connectivity index (χ3n) is 4.69. The van der Waals surface area contributed by atoms with E-state index in [1.54, 1.807) is 4.68 Å². The van der Waals surface area contributed by atoms with Gasteiger partial charge in [-0.15, -0.1) is 5.10 Å². The molecule has 0 bridgehead atoms. The van der Waals surface area contributed by atoms with Crippen molar-refractivity contribution in [1.29, 1.82) is 0 Å². The molecule has 1 aromatic carbocycles. The van der Waals surface area contributed by atoms with Crippen LogP contribution in [0.5, 0.6) is 0 Å². The monoisotopic (exact) mass is 383 g/mol. The first-order valence-corrected chi connectivity index (χ1v) is 10.1. The van der Waals surface area contributed by atoms with E-state index < -0.39 is 0 Å². The number of hydrogen-bond acceptors (Lipinski definition) is 5. The molecule has 3 aromatic rings. The number of aromatic nitrogens is 5. The Bertz CT molecular complexity index is 973. The molecule has 2 aromatic heterocycles. The van der Waals surface area contributed by atoms with Crippen molar-refractivity contribution in [2.24, 2.45) is 0 Å². The molecule has 0 aliphatic carbocycles. The van der Waals surface area contributed by atoms with Gasteiger partial charge < -0.3 is 4.57 Å². The Morgan fingerprint density at radius 2 is 1.93 bits per heavy atom. The molecule has 0 atom stereocenters. The van der Waals surface area contributed by atoms with Gasteiger partial charge in [-0.2, -0.15) is 4.68 Å². The summed E-state index contributed by atoms with van der Waals surface area (Å²) in [6, 6.07) is 8.15. The van der Waals surface area contributed by atoms with E-state index in [9.17, 15) is 4.79 Å². The van der Waals surface area contributed by atoms with Crippen LogP contribution in [-0.4, -0.2) is 36.3 Å². The minimum Gasteiger partial charge on any atom is -0.348 e. The molecule has 0 aliphatic heterocycles. The maximum atomic E-state index is 12.8. The van der Waals surface area contributed by atoms with Crippen molar-refractivity contribution in [3.63, 3.8) is 0 Å². The molecular formula is C20H25N5OS. The molecule has 2 heterocycles. The Morgan fingerprint density at radius 3 is 2.67 bits per heavy atom. The molecule has 0 unspecified atom stereocenters. The molecule has 0 saturated carbocycles. The molecule has 0 amide bonds. The third kappa shape index (κ3) is 3.98. The summed E-state index contributed by atoms with van der Waals surface area (Å²) in [6.07, 6.45) is 1.04. The highest BCUT2D eigenvalue weighted by atomic mass is 32.2. The van der Waals surface area contributed by atoms with Gasteiger partial charge in [-0.1, -0.05) is 30.8 Å². The average Bonchev–Trinajstić information content (AvgIpc) is 3.21. The van der Waals surface area contributed by atoms with E-state index in [1.807, 2.05) is 33.8 Å². The van der Waals surface area contributed by atoms with Crippen molar-refractivity contribution in [2.45, 2.75) is 52.7 Å². The van der Waals surface area contributed by atoms with E-state index in [2.05, 4.69) is 45.2 Å². The second-order valence-corrected chi connectivity index (χ2v) is 7.75. The van der Waals surface area contributed by atoms with Gasteiger partial charge >= 0.3 is 0 Å². The van der Waals surface area contributed by atoms with E-state index in [0.717, 1.165) is 46.7 Å². The van der Waals surface area contributed by atoms with Crippen LogP contribution in [0.3, 0.4) is 0 Å². The number of Topliss-reactive ketones (excluding diaryl/α,β-unsaturated/α-hetero) is 1. The van der Waals surface area contributed by atoms with Crippen molar-refractivity contribution in [1.82, 2.24) is 24.8 Å². The molecule has 3 rings (SSSR count). The quantitative estimate of drug-likeness (QED) is 0.454. The van der Waals surface area contributed by atoms with Gasteiger partial charge in [0.25, 0.3) is 0 Å². The fourth-order valence-corrected chi connectivity index (χ4v) is 3.99. The van der Waals surface area contributed by atoms with Gasteiger partial charge in [0, 0.05) is 23.5 Å². The van der Waals surface area contributed by atoms with Crippen LogP contribution < -0.4 is 0 Å². The maximum Gasteiger partial charge on any atom is 0.214 e. The van der Waals surface area contributed by atoms with E-state index in [4.69, 9.17) is 0 Å². The highest BCUT2D eigenvalue weighted by molar-refractivity contribution is 7.99. The van der Waals surface area contributed by atoms with Crippen molar-refractivity contribution in [3.05, 3.63) is 52.3 Å². The summed E-state index contributed by atoms with van der Waals surface area (Å²) in [4.78, 5) is 12.8. The van der Waals surface area contributed by atoms with Crippen molar-refractivity contribution < 1.29 is 4.79 Å². The molecule has 7 heteroatoms. The predicted octanol–water partition coefficient (Wildman–Crippen LogP) is 4.08. The minimum absolute atomic E-state index is 0.103. The standard InChI is InChI=1S/C20H25N5OS/c1-6-9-24-15(4)11-17(16(24)5)19(26)12-27-20-21-22-23-25(20)18-10-13(2)7-8-14(18)3/h7-8,10-11H,6,9,12H2,1-5H3. The van der Waals surface area contributed by atoms with Gasteiger partial charge in [-0.05, 0) is 67.8 Å². The van der Waals surface area contributed by atoms with E-state index >= 15 is 0 Å². The lowest BCUT2D eigenvalue weighted by Gasteiger charge is -2.09. The van der Waals surface area contributed by atoms with Gasteiger partial charge in [-0.3, -0.25) is 4.79 Å². The molecule has 0 N–H and O–H groups in total. The second kappa shape index (κ2) is 8.08. The first kappa shape index (κ1) is 19.4. The van der Waals surface area contributed by atoms with Crippen LogP contribution in [0.4, 0.5) is 0 Å². The number of benzene rings is 1. The molecule has 0 radical (unpaired) electrons. The zero-order chi connectivity index (χ0) is 19.6. The Morgan fingerprint density at radius 1 is 1.15 bits per heavy atom. The van der Waals surface area contributed by atoms with Crippen molar-refractivity contribution in [3.8, 4) is 5.69 Å². The lowest BCUT2D eigenvalue weighted by atomic mass is 10.1. The Labute approximate surface area is 164 Å². The van der Waals surface area contributed by atoms with Gasteiger partial charge in [0.1, 0.15) is 0 Å². The summed E-state index contributed by atoms with van der Waals surface area (Å²) in [5.74, 6) is 0.410. The number of thioether (sulfide) groups is 1. The normalized spacial score (nSPS) is 11.1. The second-order valence-electron chi connectivity index (χ2n) is 6.81. The fraction of sp³-hybridized carbons (Fsp3) is 0.400. The smallest absolute Gasteiger partial charge is 0.214 e. The summed E-state index contributed by atoms with van der Waals surface area (Å²) in [7, 11) is 0. The van der Waals surface area contributed by atoms with E-state index in [-0.39, 0.29) is 5.78 Å². The third-order valence-corrected chi connectivity index (χ3v) is 5.61. The minimum atomic E-state index is 0.103. The molecule has 0 fully saturated rings. The SMILES string of the molecule is CCCn1c(C)cc(C(=O)CSc2nnnn2-c2cc(C)ccc2C)c1C. The highest BCUT2D eigenvalue weighted by Crippen LogP contribution is 2.24. The zero-order valence-electron chi connectivity index (χ0n) is 16.5. The van der Waals surface area contributed by atoms with Gasteiger partial charge in [0.15, 0.2) is 5.78 Å². The molecule has 0 spiro atoms. The van der Waals surface area contributed by atoms with E-state index in [0.29, 0.717) is 10.9 Å². The number of ketones is 1. The summed E-state index contributed by atoms with van der Waals surface area (Å²) >= 11 is 1.37. The van der Waals surface area contributed by atoms with Crippen LogP contribution >= 0.6 is 11.8 Å². The first-order chi connectivity index (χ1) is 12.9. The summed E-state index contributed by atoms with van der Waals surface area (Å²) in [6.45, 7) is 11.2. The number of carbonyl (C=O) groups excluding carboxylic acids is 1. The average molecular weight is 384 g/mol. The van der Waals surface area contributed by atoms with Crippen LogP contribution in [0.25, 0.3) is 5.69 Å². The van der Waals surface area contributed by atoms with Crippen LogP contribution in [0.2, 0.25) is 0 Å². The van der Waals surface area contributed by atoms with Crippen LogP contribution in [-0.2, 0) is 6.54 Å². The molecule has 0 aliphatic rings. The Balaban J connectivity index is 1.79. The van der Waals surface area contributed by atoms with Crippen LogP contribution in [0.1, 0.15) is 46.2 Å².